The number of hydrogen-bond donors (Lipinski definition) is 0. The van der Waals surface area contributed by atoms with Crippen LogP contribution in [0.25, 0.3) is 22.0 Å². The maximum Gasteiger partial charge on any atom is 0.291 e. The van der Waals surface area contributed by atoms with Crippen LogP contribution in [0.1, 0.15) is 0 Å². The van der Waals surface area contributed by atoms with Crippen LogP contribution in [-0.4, -0.2) is 11.8 Å². The number of pyridine rings is 1. The standard InChI is InChI=1S/C16H12ClNO2/c1-20-18-15(11-6-8-13(17)9-7-11)10-12-4-2-3-5-14(12)16(18)19/h2-10H,1H3. The molecule has 3 aromatic rings. The van der Waals surface area contributed by atoms with Crippen molar-refractivity contribution in [2.24, 2.45) is 0 Å². The quantitative estimate of drug-likeness (QED) is 0.723. The minimum atomic E-state index is -0.171. The molecule has 0 amide bonds. The number of aromatic nitrogens is 1. The van der Waals surface area contributed by atoms with Crippen molar-refractivity contribution in [3.8, 4) is 11.3 Å². The minimum absolute atomic E-state index is 0.171. The minimum Gasteiger partial charge on any atom is -0.413 e. The molecule has 0 aliphatic rings. The van der Waals surface area contributed by atoms with Gasteiger partial charge in [0.1, 0.15) is 7.11 Å². The SMILES string of the molecule is COn1c(-c2ccc(Cl)cc2)cc2ccccc2c1=O. The molecule has 0 spiro atoms. The number of halogens is 1. The smallest absolute Gasteiger partial charge is 0.291 e. The maximum absolute atomic E-state index is 12.4. The van der Waals surface area contributed by atoms with Gasteiger partial charge in [0.2, 0.25) is 0 Å². The van der Waals surface area contributed by atoms with Gasteiger partial charge >= 0.3 is 0 Å². The van der Waals surface area contributed by atoms with Gasteiger partial charge < -0.3 is 4.84 Å². The van der Waals surface area contributed by atoms with Gasteiger partial charge in [0.15, 0.2) is 0 Å². The first-order chi connectivity index (χ1) is 9.70. The average Bonchev–Trinajstić information content (AvgIpc) is 2.48. The van der Waals surface area contributed by atoms with E-state index >= 15 is 0 Å². The van der Waals surface area contributed by atoms with E-state index in [1.165, 1.54) is 11.8 Å². The van der Waals surface area contributed by atoms with E-state index < -0.39 is 0 Å². The molecule has 100 valence electrons. The Balaban J connectivity index is 2.34. The third-order valence-corrected chi connectivity index (χ3v) is 3.46. The van der Waals surface area contributed by atoms with Gasteiger partial charge in [-0.2, -0.15) is 0 Å². The summed E-state index contributed by atoms with van der Waals surface area (Å²) in [5.41, 5.74) is 1.41. The van der Waals surface area contributed by atoms with Crippen molar-refractivity contribution in [2.75, 3.05) is 7.11 Å². The van der Waals surface area contributed by atoms with Crippen LogP contribution in [0.15, 0.2) is 59.4 Å². The molecule has 2 aromatic carbocycles. The molecule has 0 unspecified atom stereocenters. The van der Waals surface area contributed by atoms with E-state index in [9.17, 15) is 4.79 Å². The summed E-state index contributed by atoms with van der Waals surface area (Å²) >= 11 is 5.90. The van der Waals surface area contributed by atoms with Crippen molar-refractivity contribution in [1.82, 2.24) is 4.73 Å². The Morgan fingerprint density at radius 2 is 1.75 bits per heavy atom. The Labute approximate surface area is 120 Å². The van der Waals surface area contributed by atoms with Crippen LogP contribution in [0.3, 0.4) is 0 Å². The van der Waals surface area contributed by atoms with Crippen molar-refractivity contribution in [3.63, 3.8) is 0 Å². The Morgan fingerprint density at radius 3 is 2.45 bits per heavy atom. The molecule has 0 saturated heterocycles. The van der Waals surface area contributed by atoms with Gasteiger partial charge in [-0.15, -0.1) is 4.73 Å². The zero-order valence-electron chi connectivity index (χ0n) is 10.8. The monoisotopic (exact) mass is 285 g/mol. The third-order valence-electron chi connectivity index (χ3n) is 3.21. The Kier molecular flexibility index (Phi) is 3.20. The normalized spacial score (nSPS) is 10.7. The largest absolute Gasteiger partial charge is 0.413 e. The molecule has 0 N–H and O–H groups in total. The van der Waals surface area contributed by atoms with Crippen molar-refractivity contribution in [2.45, 2.75) is 0 Å². The predicted molar refractivity (Wildman–Crippen MR) is 81.2 cm³/mol. The van der Waals surface area contributed by atoms with Crippen molar-refractivity contribution in [1.29, 1.82) is 0 Å². The van der Waals surface area contributed by atoms with E-state index in [4.69, 9.17) is 16.4 Å². The summed E-state index contributed by atoms with van der Waals surface area (Å²) < 4.78 is 1.30. The van der Waals surface area contributed by atoms with E-state index in [0.29, 0.717) is 16.1 Å². The van der Waals surface area contributed by atoms with Crippen LogP contribution in [0, 0.1) is 0 Å². The second-order valence-corrected chi connectivity index (χ2v) is 4.84. The maximum atomic E-state index is 12.4. The molecule has 0 atom stereocenters. The van der Waals surface area contributed by atoms with Gasteiger partial charge in [0.25, 0.3) is 5.56 Å². The molecule has 0 aliphatic carbocycles. The number of hydrogen-bond acceptors (Lipinski definition) is 2. The Morgan fingerprint density at radius 1 is 1.05 bits per heavy atom. The number of rotatable bonds is 2. The summed E-state index contributed by atoms with van der Waals surface area (Å²) in [6, 6.07) is 16.7. The van der Waals surface area contributed by atoms with Gasteiger partial charge in [0.05, 0.1) is 11.1 Å². The molecule has 0 fully saturated rings. The van der Waals surface area contributed by atoms with Gasteiger partial charge in [-0.25, -0.2) is 0 Å². The summed E-state index contributed by atoms with van der Waals surface area (Å²) in [5, 5.41) is 2.17. The van der Waals surface area contributed by atoms with E-state index in [0.717, 1.165) is 10.9 Å². The molecular formula is C16H12ClNO2. The van der Waals surface area contributed by atoms with Crippen LogP contribution in [0.4, 0.5) is 0 Å². The predicted octanol–water partition coefficient (Wildman–Crippen LogP) is 3.38. The highest BCUT2D eigenvalue weighted by Gasteiger charge is 2.11. The van der Waals surface area contributed by atoms with Crippen LogP contribution in [0.2, 0.25) is 5.02 Å². The second kappa shape index (κ2) is 5.02. The number of nitrogens with zero attached hydrogens (tertiary/aromatic N) is 1. The van der Waals surface area contributed by atoms with Crippen molar-refractivity contribution < 1.29 is 4.84 Å². The van der Waals surface area contributed by atoms with E-state index in [-0.39, 0.29) is 5.56 Å². The highest BCUT2D eigenvalue weighted by Crippen LogP contribution is 2.23. The van der Waals surface area contributed by atoms with Gasteiger partial charge in [-0.3, -0.25) is 4.79 Å². The van der Waals surface area contributed by atoms with Crippen LogP contribution in [-0.2, 0) is 0 Å². The van der Waals surface area contributed by atoms with Crippen LogP contribution in [0.5, 0.6) is 0 Å². The lowest BCUT2D eigenvalue weighted by Gasteiger charge is -2.12. The fraction of sp³-hybridized carbons (Fsp3) is 0.0625. The molecule has 0 saturated carbocycles. The molecule has 0 radical (unpaired) electrons. The molecule has 20 heavy (non-hydrogen) atoms. The summed E-state index contributed by atoms with van der Waals surface area (Å²) in [7, 11) is 1.48. The molecule has 0 aliphatic heterocycles. The van der Waals surface area contributed by atoms with Crippen molar-refractivity contribution in [3.05, 3.63) is 70.0 Å². The van der Waals surface area contributed by atoms with Crippen LogP contribution >= 0.6 is 11.6 Å². The Hall–Kier alpha value is -2.26. The van der Waals surface area contributed by atoms with E-state index in [1.807, 2.05) is 36.4 Å². The van der Waals surface area contributed by atoms with Gasteiger partial charge in [-0.1, -0.05) is 41.9 Å². The first-order valence-corrected chi connectivity index (χ1v) is 6.54. The molecule has 1 aromatic heterocycles. The molecular weight excluding hydrogens is 274 g/mol. The fourth-order valence-corrected chi connectivity index (χ4v) is 2.37. The zero-order valence-corrected chi connectivity index (χ0v) is 11.6. The molecule has 0 bridgehead atoms. The second-order valence-electron chi connectivity index (χ2n) is 4.41. The third kappa shape index (κ3) is 2.06. The average molecular weight is 286 g/mol. The van der Waals surface area contributed by atoms with Gasteiger partial charge in [-0.05, 0) is 29.7 Å². The number of fused-ring (bicyclic) bond motifs is 1. The first-order valence-electron chi connectivity index (χ1n) is 6.16. The molecule has 3 rings (SSSR count). The summed E-state index contributed by atoms with van der Waals surface area (Å²) in [6.45, 7) is 0. The lowest BCUT2D eigenvalue weighted by Crippen LogP contribution is -2.26. The summed E-state index contributed by atoms with van der Waals surface area (Å²) in [5.74, 6) is 0. The lowest BCUT2D eigenvalue weighted by molar-refractivity contribution is 0.163. The Bertz CT molecular complexity index is 822. The molecule has 1 heterocycles. The van der Waals surface area contributed by atoms with E-state index in [1.54, 1.807) is 18.2 Å². The fourth-order valence-electron chi connectivity index (χ4n) is 2.24. The summed E-state index contributed by atoms with van der Waals surface area (Å²) in [6.07, 6.45) is 0. The number of benzene rings is 2. The zero-order chi connectivity index (χ0) is 14.1. The highest BCUT2D eigenvalue weighted by atomic mass is 35.5. The molecule has 4 heteroatoms. The van der Waals surface area contributed by atoms with Gasteiger partial charge in [0, 0.05) is 10.6 Å². The topological polar surface area (TPSA) is 31.2 Å². The first kappa shape index (κ1) is 12.8. The van der Waals surface area contributed by atoms with Crippen LogP contribution < -0.4 is 10.4 Å². The highest BCUT2D eigenvalue weighted by molar-refractivity contribution is 6.30. The summed E-state index contributed by atoms with van der Waals surface area (Å²) in [4.78, 5) is 17.7. The lowest BCUT2D eigenvalue weighted by atomic mass is 10.1. The van der Waals surface area contributed by atoms with E-state index in [2.05, 4.69) is 0 Å². The molecule has 3 nitrogen and oxygen atoms in total. The van der Waals surface area contributed by atoms with Crippen molar-refractivity contribution >= 4 is 22.4 Å².